The summed E-state index contributed by atoms with van der Waals surface area (Å²) in [7, 11) is 0. The molecule has 0 bridgehead atoms. The molecule has 25 heavy (non-hydrogen) atoms. The first-order valence-corrected chi connectivity index (χ1v) is 9.19. The maximum Gasteiger partial charge on any atom is 0.225 e. The Kier molecular flexibility index (Phi) is 6.17. The van der Waals surface area contributed by atoms with E-state index in [4.69, 9.17) is 26.8 Å². The Morgan fingerprint density at radius 1 is 1.20 bits per heavy atom. The molecule has 0 atom stereocenters. The molecule has 1 amide bonds. The summed E-state index contributed by atoms with van der Waals surface area (Å²) >= 11 is 6.46. The molecule has 2 heterocycles. The molecule has 1 aromatic rings. The Hall–Kier alpha value is -1.34. The molecule has 0 spiro atoms. The van der Waals surface area contributed by atoms with Gasteiger partial charge in [0, 0.05) is 55.7 Å². The molecule has 1 aromatic carbocycles. The zero-order valence-electron chi connectivity index (χ0n) is 14.4. The minimum atomic E-state index is -0.529. The molecule has 2 aliphatic heterocycles. The quantitative estimate of drug-likeness (QED) is 0.797. The highest BCUT2D eigenvalue weighted by Gasteiger charge is 2.38. The van der Waals surface area contributed by atoms with Crippen molar-refractivity contribution in [3.63, 3.8) is 0 Å². The number of hydrogen-bond acceptors (Lipinski definition) is 5. The van der Waals surface area contributed by atoms with Crippen LogP contribution in [0.5, 0.6) is 0 Å². The topological polar surface area (TPSA) is 76.8 Å². The fourth-order valence-electron chi connectivity index (χ4n) is 3.52. The number of nitrogens with two attached hydrogens (primary N) is 1. The Labute approximate surface area is 153 Å². The summed E-state index contributed by atoms with van der Waals surface area (Å²) in [6.07, 6.45) is 1.32. The zero-order valence-corrected chi connectivity index (χ0v) is 15.2. The van der Waals surface area contributed by atoms with Crippen LogP contribution in [-0.2, 0) is 20.8 Å². The predicted octanol–water partition coefficient (Wildman–Crippen LogP) is 1.55. The number of amides is 1. The second-order valence-electron chi connectivity index (χ2n) is 6.70. The van der Waals surface area contributed by atoms with Crippen LogP contribution in [0.25, 0.3) is 0 Å². The summed E-state index contributed by atoms with van der Waals surface area (Å²) in [5.41, 5.74) is 7.33. The molecule has 138 valence electrons. The molecule has 2 aliphatic rings. The number of ether oxygens (including phenoxy) is 2. The lowest BCUT2D eigenvalue weighted by atomic mass is 9.79. The molecule has 3 N–H and O–H groups in total. The van der Waals surface area contributed by atoms with Crippen molar-refractivity contribution in [2.45, 2.75) is 19.4 Å². The lowest BCUT2D eigenvalue weighted by Gasteiger charge is -2.35. The Balaban J connectivity index is 1.69. The smallest absolute Gasteiger partial charge is 0.225 e. The summed E-state index contributed by atoms with van der Waals surface area (Å²) in [5.74, 6) is -0.254. The van der Waals surface area contributed by atoms with Gasteiger partial charge in [-0.05, 0) is 25.0 Å². The Morgan fingerprint density at radius 2 is 1.88 bits per heavy atom. The first kappa shape index (κ1) is 18.5. The number of nitrogens with one attached hydrogen (secondary N) is 1. The van der Waals surface area contributed by atoms with E-state index in [2.05, 4.69) is 16.3 Å². The molecular weight excluding hydrogens is 342 g/mol. The molecule has 6 nitrogen and oxygen atoms in total. The number of halogens is 1. The molecular formula is C18H26ClN3O3. The number of carbonyl (C=O) groups excluding carboxylic acids is 1. The third-order valence-corrected chi connectivity index (χ3v) is 5.54. The highest BCUT2D eigenvalue weighted by atomic mass is 35.5. The van der Waals surface area contributed by atoms with E-state index in [1.807, 2.05) is 12.1 Å². The van der Waals surface area contributed by atoms with Crippen LogP contribution in [-0.4, -0.2) is 52.0 Å². The van der Waals surface area contributed by atoms with Crippen LogP contribution in [0.3, 0.4) is 0 Å². The molecule has 0 aliphatic carbocycles. The average molecular weight is 368 g/mol. The van der Waals surface area contributed by atoms with Crippen molar-refractivity contribution in [1.82, 2.24) is 5.32 Å². The fourth-order valence-corrected chi connectivity index (χ4v) is 3.76. The first-order chi connectivity index (χ1) is 12.1. The summed E-state index contributed by atoms with van der Waals surface area (Å²) in [6.45, 7) is 5.47. The van der Waals surface area contributed by atoms with E-state index in [1.54, 1.807) is 0 Å². The minimum Gasteiger partial charge on any atom is -0.381 e. The van der Waals surface area contributed by atoms with Crippen molar-refractivity contribution in [2.24, 2.45) is 11.1 Å². The number of primary amides is 1. The summed E-state index contributed by atoms with van der Waals surface area (Å²) in [5, 5.41) is 4.15. The van der Waals surface area contributed by atoms with Gasteiger partial charge in [0.1, 0.15) is 0 Å². The van der Waals surface area contributed by atoms with Crippen LogP contribution >= 0.6 is 11.6 Å². The van der Waals surface area contributed by atoms with Gasteiger partial charge in [-0.1, -0.05) is 17.7 Å². The fraction of sp³-hybridized carbons (Fsp3) is 0.611. The lowest BCUT2D eigenvalue weighted by Crippen LogP contribution is -2.48. The standard InChI is InChI=1S/C18H26ClN3O3/c19-15-2-1-3-16(22-6-10-25-11-7-22)14(15)12-21-13-18(17(20)23)4-8-24-9-5-18/h1-3,21H,4-13H2,(H2,20,23). The average Bonchev–Trinajstić information content (AvgIpc) is 2.64. The van der Waals surface area contributed by atoms with E-state index in [9.17, 15) is 4.79 Å². The van der Waals surface area contributed by atoms with E-state index < -0.39 is 5.41 Å². The second kappa shape index (κ2) is 8.36. The van der Waals surface area contributed by atoms with Gasteiger partial charge in [-0.3, -0.25) is 4.79 Å². The highest BCUT2D eigenvalue weighted by molar-refractivity contribution is 6.31. The largest absolute Gasteiger partial charge is 0.381 e. The van der Waals surface area contributed by atoms with Crippen LogP contribution < -0.4 is 16.0 Å². The van der Waals surface area contributed by atoms with Gasteiger partial charge in [-0.25, -0.2) is 0 Å². The first-order valence-electron chi connectivity index (χ1n) is 8.81. The Bertz CT molecular complexity index is 599. The van der Waals surface area contributed by atoms with Crippen molar-refractivity contribution in [3.8, 4) is 0 Å². The molecule has 3 rings (SSSR count). The van der Waals surface area contributed by atoms with Gasteiger partial charge in [0.25, 0.3) is 0 Å². The van der Waals surface area contributed by atoms with Gasteiger partial charge in [0.2, 0.25) is 5.91 Å². The normalized spacial score (nSPS) is 20.4. The van der Waals surface area contributed by atoms with E-state index in [-0.39, 0.29) is 5.91 Å². The number of hydrogen-bond donors (Lipinski definition) is 2. The predicted molar refractivity (Wildman–Crippen MR) is 97.9 cm³/mol. The summed E-state index contributed by atoms with van der Waals surface area (Å²) in [6, 6.07) is 5.97. The highest BCUT2D eigenvalue weighted by Crippen LogP contribution is 2.31. The van der Waals surface area contributed by atoms with Gasteiger partial charge in [0.05, 0.1) is 18.6 Å². The van der Waals surface area contributed by atoms with Crippen LogP contribution in [0.1, 0.15) is 18.4 Å². The molecule has 0 radical (unpaired) electrons. The summed E-state index contributed by atoms with van der Waals surface area (Å²) in [4.78, 5) is 14.3. The van der Waals surface area contributed by atoms with Crippen molar-refractivity contribution in [3.05, 3.63) is 28.8 Å². The molecule has 0 saturated carbocycles. The zero-order chi connectivity index (χ0) is 17.7. The van der Waals surface area contributed by atoms with Crippen LogP contribution in [0.15, 0.2) is 18.2 Å². The van der Waals surface area contributed by atoms with Gasteiger partial charge in [-0.2, -0.15) is 0 Å². The van der Waals surface area contributed by atoms with Crippen molar-refractivity contribution in [2.75, 3.05) is 51.0 Å². The van der Waals surface area contributed by atoms with Crippen molar-refractivity contribution < 1.29 is 14.3 Å². The van der Waals surface area contributed by atoms with E-state index >= 15 is 0 Å². The third-order valence-electron chi connectivity index (χ3n) is 5.18. The minimum absolute atomic E-state index is 0.254. The second-order valence-corrected chi connectivity index (χ2v) is 7.10. The monoisotopic (exact) mass is 367 g/mol. The molecule has 2 saturated heterocycles. The van der Waals surface area contributed by atoms with E-state index in [0.717, 1.165) is 42.6 Å². The number of benzene rings is 1. The van der Waals surface area contributed by atoms with Gasteiger partial charge in [-0.15, -0.1) is 0 Å². The van der Waals surface area contributed by atoms with Crippen molar-refractivity contribution in [1.29, 1.82) is 0 Å². The molecule has 2 fully saturated rings. The molecule has 0 unspecified atom stereocenters. The van der Waals surface area contributed by atoms with Crippen LogP contribution in [0.2, 0.25) is 5.02 Å². The number of carbonyl (C=O) groups is 1. The van der Waals surface area contributed by atoms with Crippen LogP contribution in [0, 0.1) is 5.41 Å². The molecule has 7 heteroatoms. The SMILES string of the molecule is NC(=O)C1(CNCc2c(Cl)cccc2N2CCOCC2)CCOCC1. The van der Waals surface area contributed by atoms with Gasteiger partial charge >= 0.3 is 0 Å². The Morgan fingerprint density at radius 3 is 2.56 bits per heavy atom. The number of rotatable bonds is 6. The van der Waals surface area contributed by atoms with Crippen LogP contribution in [0.4, 0.5) is 5.69 Å². The maximum atomic E-state index is 12.0. The number of anilines is 1. The molecule has 0 aromatic heterocycles. The summed E-state index contributed by atoms with van der Waals surface area (Å²) < 4.78 is 10.8. The van der Waals surface area contributed by atoms with E-state index in [1.165, 1.54) is 0 Å². The van der Waals surface area contributed by atoms with Gasteiger partial charge in [0.15, 0.2) is 0 Å². The lowest BCUT2D eigenvalue weighted by molar-refractivity contribution is -0.132. The number of nitrogens with zero attached hydrogens (tertiary/aromatic N) is 1. The maximum absolute atomic E-state index is 12.0. The number of morpholine rings is 1. The van der Waals surface area contributed by atoms with Gasteiger partial charge < -0.3 is 25.4 Å². The van der Waals surface area contributed by atoms with E-state index in [0.29, 0.717) is 39.1 Å². The van der Waals surface area contributed by atoms with Crippen molar-refractivity contribution >= 4 is 23.2 Å². The third kappa shape index (κ3) is 4.26.